The molecule has 0 spiro atoms. The Kier molecular flexibility index (Phi) is 0.680. The summed E-state index contributed by atoms with van der Waals surface area (Å²) in [5, 5.41) is 9.69. The van der Waals surface area contributed by atoms with Gasteiger partial charge in [0.25, 0.3) is 0 Å². The molecule has 0 aliphatic rings. The lowest BCUT2D eigenvalue weighted by atomic mass is 10.0. The average Bonchev–Trinajstić information content (AvgIpc) is 2.36. The molecule has 0 bridgehead atoms. The first-order valence-corrected chi connectivity index (χ1v) is 3.93. The van der Waals surface area contributed by atoms with Crippen molar-refractivity contribution in [1.29, 1.82) is 0 Å². The van der Waals surface area contributed by atoms with Gasteiger partial charge in [-0.05, 0) is 46.6 Å². The highest BCUT2D eigenvalue weighted by atomic mass is 79.9. The summed E-state index contributed by atoms with van der Waals surface area (Å²) in [6.07, 6.45) is 0. The fraction of sp³-hybridized carbons (Fsp3) is 0.429. The van der Waals surface area contributed by atoms with Gasteiger partial charge in [-0.15, -0.1) is 11.3 Å². The summed E-state index contributed by atoms with van der Waals surface area (Å²) in [5.41, 5.74) is -3.92. The van der Waals surface area contributed by atoms with Crippen LogP contribution in [0.1, 0.15) is 30.2 Å². The molecule has 0 saturated heterocycles. The van der Waals surface area contributed by atoms with Gasteiger partial charge < -0.3 is 5.11 Å². The van der Waals surface area contributed by atoms with Gasteiger partial charge in [0.15, 0.2) is 0 Å². The van der Waals surface area contributed by atoms with E-state index in [1.807, 2.05) is 0 Å². The zero-order valence-electron chi connectivity index (χ0n) is 12.7. The van der Waals surface area contributed by atoms with Crippen molar-refractivity contribution in [2.45, 2.75) is 19.3 Å². The predicted molar refractivity (Wildman–Crippen MR) is 47.3 cm³/mol. The molecule has 0 amide bonds. The summed E-state index contributed by atoms with van der Waals surface area (Å²) >= 11 is 3.62. The lowest BCUT2D eigenvalue weighted by molar-refractivity contribution is 0.0790. The van der Waals surface area contributed by atoms with Gasteiger partial charge >= 0.3 is 0 Å². The fourth-order valence-corrected chi connectivity index (χ4v) is 1.39. The van der Waals surface area contributed by atoms with E-state index < -0.39 is 36.3 Å². The Bertz CT molecular complexity index is 447. The van der Waals surface area contributed by atoms with Gasteiger partial charge in [0.2, 0.25) is 0 Å². The Morgan fingerprint density at radius 3 is 3.00 bits per heavy atom. The predicted octanol–water partition coefficient (Wildman–Crippen LogP) is 2.74. The number of halogens is 1. The van der Waals surface area contributed by atoms with Crippen LogP contribution in [0.3, 0.4) is 0 Å². The van der Waals surface area contributed by atoms with Crippen molar-refractivity contribution < 1.29 is 16.1 Å². The standard InChI is InChI=1S/C7H9BrOS/c1-7(2,9)5-3-6(8)10-4-5/h3-4,9H,1-2H3/i1D3,2D3,3D,4D. The molecule has 1 rings (SSSR count). The summed E-state index contributed by atoms with van der Waals surface area (Å²) in [4.78, 5) is 0. The van der Waals surface area contributed by atoms with Crippen LogP contribution in [0.15, 0.2) is 15.2 Å². The first kappa shape index (κ1) is 2.57. The number of rotatable bonds is 1. The Labute approximate surface area is 84.1 Å². The van der Waals surface area contributed by atoms with Gasteiger partial charge in [0.1, 0.15) is 0 Å². The van der Waals surface area contributed by atoms with Crippen molar-refractivity contribution in [1.82, 2.24) is 0 Å². The van der Waals surface area contributed by atoms with E-state index in [0.29, 0.717) is 11.3 Å². The van der Waals surface area contributed by atoms with Crippen LogP contribution in [0.5, 0.6) is 0 Å². The molecule has 0 atom stereocenters. The fourth-order valence-electron chi connectivity index (χ4n) is 0.409. The van der Waals surface area contributed by atoms with E-state index in [9.17, 15) is 5.11 Å². The third-order valence-corrected chi connectivity index (χ3v) is 2.10. The first-order valence-electron chi connectivity index (χ1n) is 6.32. The Hall–Kier alpha value is 0.140. The van der Waals surface area contributed by atoms with Gasteiger partial charge in [-0.1, -0.05) is 0 Å². The monoisotopic (exact) mass is 228 g/mol. The zero-order chi connectivity index (χ0) is 14.5. The highest BCUT2D eigenvalue weighted by molar-refractivity contribution is 9.11. The average molecular weight is 229 g/mol. The maximum atomic E-state index is 10.2. The summed E-state index contributed by atoms with van der Waals surface area (Å²) in [7, 11) is 0. The van der Waals surface area contributed by atoms with Crippen LogP contribution in [0, 0.1) is 0 Å². The second kappa shape index (κ2) is 2.64. The highest BCUT2D eigenvalue weighted by Gasteiger charge is 2.16. The van der Waals surface area contributed by atoms with E-state index in [0.717, 1.165) is 0 Å². The van der Waals surface area contributed by atoms with Crippen molar-refractivity contribution in [3.05, 3.63) is 20.7 Å². The zero-order valence-corrected chi connectivity index (χ0v) is 7.14. The molecule has 0 unspecified atom stereocenters. The molecule has 1 heterocycles. The number of hydrogen-bond acceptors (Lipinski definition) is 2. The molecule has 0 aliphatic heterocycles. The molecular weight excluding hydrogens is 212 g/mol. The van der Waals surface area contributed by atoms with Crippen LogP contribution < -0.4 is 0 Å². The lowest BCUT2D eigenvalue weighted by Gasteiger charge is -2.14. The van der Waals surface area contributed by atoms with E-state index in [2.05, 4.69) is 15.9 Å². The van der Waals surface area contributed by atoms with E-state index in [-0.39, 0.29) is 3.79 Å². The lowest BCUT2D eigenvalue weighted by Crippen LogP contribution is -2.13. The van der Waals surface area contributed by atoms with Gasteiger partial charge in [0.05, 0.1) is 12.1 Å². The molecule has 1 N–H and O–H groups in total. The number of aliphatic hydroxyl groups is 1. The third kappa shape index (κ3) is 1.81. The van der Waals surface area contributed by atoms with Crippen LogP contribution in [0.2, 0.25) is 0 Å². The van der Waals surface area contributed by atoms with Crippen LogP contribution >= 0.6 is 27.3 Å². The number of hydrogen-bond donors (Lipinski definition) is 1. The Morgan fingerprint density at radius 1 is 1.90 bits per heavy atom. The first-order chi connectivity index (χ1) is 7.84. The topological polar surface area (TPSA) is 20.2 Å². The van der Waals surface area contributed by atoms with Crippen LogP contribution in [-0.4, -0.2) is 5.11 Å². The summed E-state index contributed by atoms with van der Waals surface area (Å²) in [6, 6.07) is -0.486. The van der Waals surface area contributed by atoms with Crippen molar-refractivity contribution in [2.24, 2.45) is 0 Å². The minimum atomic E-state index is -3.27. The second-order valence-corrected chi connectivity index (χ2v) is 3.82. The van der Waals surface area contributed by atoms with E-state index >= 15 is 0 Å². The molecule has 1 aromatic rings. The van der Waals surface area contributed by atoms with Crippen molar-refractivity contribution in [3.63, 3.8) is 0 Å². The molecule has 0 fully saturated rings. The molecule has 0 saturated carbocycles. The van der Waals surface area contributed by atoms with E-state index in [1.54, 1.807) is 0 Å². The van der Waals surface area contributed by atoms with Gasteiger partial charge in [-0.2, -0.15) is 0 Å². The molecule has 0 radical (unpaired) electrons. The molecule has 10 heavy (non-hydrogen) atoms. The number of thiophene rings is 1. The van der Waals surface area contributed by atoms with Crippen LogP contribution in [0.25, 0.3) is 0 Å². The second-order valence-electron chi connectivity index (χ2n) is 1.69. The third-order valence-electron chi connectivity index (χ3n) is 0.828. The quantitative estimate of drug-likeness (QED) is 0.785. The summed E-state index contributed by atoms with van der Waals surface area (Å²) in [5.74, 6) is 0. The molecule has 1 nitrogen and oxygen atoms in total. The van der Waals surface area contributed by atoms with Crippen molar-refractivity contribution in [2.75, 3.05) is 0 Å². The van der Waals surface area contributed by atoms with Crippen LogP contribution in [-0.2, 0) is 5.60 Å². The molecule has 0 aliphatic carbocycles. The normalized spacial score (nSPS) is 26.2. The Morgan fingerprint density at radius 2 is 2.60 bits per heavy atom. The minimum absolute atomic E-state index is 0.106. The maximum absolute atomic E-state index is 10.2. The molecule has 1 aromatic heterocycles. The molecule has 0 aromatic carbocycles. The minimum Gasteiger partial charge on any atom is -0.386 e. The molecule has 3 heteroatoms. The highest BCUT2D eigenvalue weighted by Crippen LogP contribution is 2.28. The molecular formula is C7H9BrOS. The summed E-state index contributed by atoms with van der Waals surface area (Å²) < 4.78 is 58.6. The smallest absolute Gasteiger partial charge is 0.0848 e. The maximum Gasteiger partial charge on any atom is 0.0848 e. The summed E-state index contributed by atoms with van der Waals surface area (Å²) in [6.45, 7) is -6.55. The Balaban J connectivity index is 3.66. The SMILES string of the molecule is [2H]c1sc(Br)c([2H])c1C(O)(C([2H])([2H])[2H])C([2H])([2H])[2H]. The van der Waals surface area contributed by atoms with Crippen LogP contribution in [0.4, 0.5) is 0 Å². The van der Waals surface area contributed by atoms with E-state index in [4.69, 9.17) is 11.0 Å². The van der Waals surface area contributed by atoms with E-state index in [1.165, 1.54) is 0 Å². The largest absolute Gasteiger partial charge is 0.386 e. The van der Waals surface area contributed by atoms with Gasteiger partial charge in [-0.25, -0.2) is 0 Å². The van der Waals surface area contributed by atoms with Crippen molar-refractivity contribution >= 4 is 27.3 Å². The van der Waals surface area contributed by atoms with Gasteiger partial charge in [0, 0.05) is 8.22 Å². The molecule has 56 valence electrons. The van der Waals surface area contributed by atoms with Gasteiger partial charge in [-0.3, -0.25) is 0 Å². The van der Waals surface area contributed by atoms with Crippen molar-refractivity contribution in [3.8, 4) is 0 Å².